The van der Waals surface area contributed by atoms with Gasteiger partial charge in [-0.1, -0.05) is 12.1 Å². The standard InChI is InChI=1S/C21H24N2O10/c1-10(24)22-17-19(30-13(4)27)18(29-12(3)26)16(9-28-11(2)25)31-20(17)33-21-23-14-7-5-6-8-15(14)32-21/h5-8,16-20H,9H2,1-4H3,(H,22,24). The molecule has 5 atom stereocenters. The smallest absolute Gasteiger partial charge is 0.397 e. The number of amides is 1. The summed E-state index contributed by atoms with van der Waals surface area (Å²) in [5.41, 5.74) is 0.968. The van der Waals surface area contributed by atoms with E-state index in [2.05, 4.69) is 10.3 Å². The van der Waals surface area contributed by atoms with Crippen molar-refractivity contribution in [1.29, 1.82) is 0 Å². The molecule has 0 aliphatic carbocycles. The number of rotatable bonds is 7. The molecular formula is C21H24N2O10. The van der Waals surface area contributed by atoms with E-state index in [0.29, 0.717) is 11.1 Å². The van der Waals surface area contributed by atoms with Gasteiger partial charge in [0, 0.05) is 27.7 Å². The van der Waals surface area contributed by atoms with Crippen molar-refractivity contribution in [2.24, 2.45) is 0 Å². The SMILES string of the molecule is CC(=O)NC1C(Oc2nc3ccccc3o2)OC(COC(C)=O)C(OC(C)=O)C1OC(C)=O. The highest BCUT2D eigenvalue weighted by atomic mass is 16.7. The monoisotopic (exact) mass is 464 g/mol. The Labute approximate surface area is 188 Å². The number of carbonyl (C=O) groups excluding carboxylic acids is 4. The van der Waals surface area contributed by atoms with Gasteiger partial charge in [-0.2, -0.15) is 4.98 Å². The molecule has 0 saturated carbocycles. The largest absolute Gasteiger partial charge is 0.463 e. The number of fused-ring (bicyclic) bond motifs is 1. The fourth-order valence-corrected chi connectivity index (χ4v) is 3.39. The zero-order valence-corrected chi connectivity index (χ0v) is 18.4. The molecule has 3 rings (SSSR count). The lowest BCUT2D eigenvalue weighted by molar-refractivity contribution is -0.259. The number of oxazole rings is 1. The summed E-state index contributed by atoms with van der Waals surface area (Å²) in [6.45, 7) is 4.41. The van der Waals surface area contributed by atoms with Gasteiger partial charge in [-0.3, -0.25) is 19.2 Å². The normalized spacial score (nSPS) is 24.5. The third-order valence-electron chi connectivity index (χ3n) is 4.56. The molecule has 1 fully saturated rings. The average Bonchev–Trinajstić information content (AvgIpc) is 3.12. The number of hydrogen-bond donors (Lipinski definition) is 1. The van der Waals surface area contributed by atoms with Crippen molar-refractivity contribution in [2.75, 3.05) is 6.61 Å². The Bertz CT molecular complexity index is 1000. The molecule has 0 bridgehead atoms. The van der Waals surface area contributed by atoms with Gasteiger partial charge < -0.3 is 33.4 Å². The molecule has 1 aromatic carbocycles. The van der Waals surface area contributed by atoms with Crippen molar-refractivity contribution in [3.05, 3.63) is 24.3 Å². The summed E-state index contributed by atoms with van der Waals surface area (Å²) in [6, 6.07) is 5.79. The Balaban J connectivity index is 1.98. The summed E-state index contributed by atoms with van der Waals surface area (Å²) in [7, 11) is 0. The van der Waals surface area contributed by atoms with Crippen LogP contribution in [-0.4, -0.2) is 66.0 Å². The van der Waals surface area contributed by atoms with Crippen LogP contribution >= 0.6 is 0 Å². The van der Waals surface area contributed by atoms with E-state index in [1.54, 1.807) is 24.3 Å². The van der Waals surface area contributed by atoms with E-state index in [1.165, 1.54) is 13.8 Å². The number of ether oxygens (including phenoxy) is 5. The zero-order valence-electron chi connectivity index (χ0n) is 18.4. The Kier molecular flexibility index (Phi) is 7.48. The first-order valence-corrected chi connectivity index (χ1v) is 10.1. The van der Waals surface area contributed by atoms with Gasteiger partial charge in [0.05, 0.1) is 0 Å². The minimum atomic E-state index is -1.31. The third kappa shape index (κ3) is 6.19. The molecule has 2 aromatic rings. The van der Waals surface area contributed by atoms with Crippen LogP contribution < -0.4 is 10.1 Å². The maximum absolute atomic E-state index is 11.9. The average molecular weight is 464 g/mol. The maximum atomic E-state index is 11.9. The molecule has 1 saturated heterocycles. The summed E-state index contributed by atoms with van der Waals surface area (Å²) < 4.78 is 33.0. The fourth-order valence-electron chi connectivity index (χ4n) is 3.39. The molecule has 0 spiro atoms. The van der Waals surface area contributed by atoms with E-state index in [1.807, 2.05) is 0 Å². The lowest BCUT2D eigenvalue weighted by Crippen LogP contribution is -2.67. The number of para-hydroxylation sites is 2. The molecule has 1 aliphatic rings. The van der Waals surface area contributed by atoms with Crippen LogP contribution in [-0.2, 0) is 38.1 Å². The minimum Gasteiger partial charge on any atom is -0.463 e. The minimum absolute atomic E-state index is 0.171. The van der Waals surface area contributed by atoms with Crippen LogP contribution in [0.5, 0.6) is 6.08 Å². The van der Waals surface area contributed by atoms with Gasteiger partial charge in [0.25, 0.3) is 0 Å². The molecular weight excluding hydrogens is 440 g/mol. The molecule has 2 heterocycles. The molecule has 1 aliphatic heterocycles. The van der Waals surface area contributed by atoms with Gasteiger partial charge in [-0.05, 0) is 12.1 Å². The molecule has 0 radical (unpaired) electrons. The summed E-state index contributed by atoms with van der Waals surface area (Å²) in [5.74, 6) is -2.51. The van der Waals surface area contributed by atoms with E-state index < -0.39 is 54.5 Å². The Morgan fingerprint density at radius 3 is 2.24 bits per heavy atom. The van der Waals surface area contributed by atoms with Crippen LogP contribution in [0.15, 0.2) is 28.7 Å². The summed E-state index contributed by atoms with van der Waals surface area (Å²) >= 11 is 0. The van der Waals surface area contributed by atoms with Gasteiger partial charge in [0.15, 0.2) is 17.8 Å². The lowest BCUT2D eigenvalue weighted by Gasteiger charge is -2.44. The summed E-state index contributed by atoms with van der Waals surface area (Å²) in [4.78, 5) is 51.1. The molecule has 1 N–H and O–H groups in total. The topological polar surface area (TPSA) is 152 Å². The number of aromatic nitrogens is 1. The van der Waals surface area contributed by atoms with Crippen LogP contribution in [0.1, 0.15) is 27.7 Å². The van der Waals surface area contributed by atoms with Gasteiger partial charge in [-0.15, -0.1) is 0 Å². The van der Waals surface area contributed by atoms with E-state index in [4.69, 9.17) is 28.1 Å². The van der Waals surface area contributed by atoms with Crippen LogP contribution in [0.2, 0.25) is 0 Å². The first kappa shape index (κ1) is 24.0. The van der Waals surface area contributed by atoms with Crippen molar-refractivity contribution in [1.82, 2.24) is 10.3 Å². The van der Waals surface area contributed by atoms with Crippen molar-refractivity contribution < 1.29 is 47.3 Å². The second-order valence-electron chi connectivity index (χ2n) is 7.29. The van der Waals surface area contributed by atoms with Crippen molar-refractivity contribution in [2.45, 2.75) is 58.3 Å². The highest BCUT2D eigenvalue weighted by Crippen LogP contribution is 2.30. The van der Waals surface area contributed by atoms with Gasteiger partial charge >= 0.3 is 24.0 Å². The van der Waals surface area contributed by atoms with Crippen LogP contribution in [0, 0.1) is 0 Å². The van der Waals surface area contributed by atoms with E-state index >= 15 is 0 Å². The molecule has 12 nitrogen and oxygen atoms in total. The van der Waals surface area contributed by atoms with Crippen LogP contribution in [0.3, 0.4) is 0 Å². The predicted octanol–water partition coefficient (Wildman–Crippen LogP) is 0.863. The van der Waals surface area contributed by atoms with E-state index in [9.17, 15) is 19.2 Å². The maximum Gasteiger partial charge on any atom is 0.397 e. The van der Waals surface area contributed by atoms with Gasteiger partial charge in [0.1, 0.15) is 24.3 Å². The fraction of sp³-hybridized carbons (Fsp3) is 0.476. The second kappa shape index (κ2) is 10.3. The molecule has 1 aromatic heterocycles. The third-order valence-corrected chi connectivity index (χ3v) is 4.56. The van der Waals surface area contributed by atoms with Crippen molar-refractivity contribution in [3.8, 4) is 6.08 Å². The van der Waals surface area contributed by atoms with Crippen LogP contribution in [0.25, 0.3) is 11.1 Å². The Hall–Kier alpha value is -3.67. The number of nitrogens with one attached hydrogen (secondary N) is 1. The first-order valence-electron chi connectivity index (χ1n) is 10.1. The molecule has 1 amide bonds. The zero-order chi connectivity index (χ0) is 24.1. The lowest BCUT2D eigenvalue weighted by atomic mass is 9.96. The number of esters is 3. The predicted molar refractivity (Wildman–Crippen MR) is 109 cm³/mol. The number of nitrogens with zero attached hydrogens (tertiary/aromatic N) is 1. The number of carbonyl (C=O) groups is 4. The van der Waals surface area contributed by atoms with E-state index in [0.717, 1.165) is 13.8 Å². The molecule has 178 valence electrons. The number of hydrogen-bond acceptors (Lipinski definition) is 11. The molecule has 5 unspecified atom stereocenters. The van der Waals surface area contributed by atoms with Gasteiger partial charge in [0.2, 0.25) is 12.2 Å². The second-order valence-corrected chi connectivity index (χ2v) is 7.29. The summed E-state index contributed by atoms with van der Waals surface area (Å²) in [6.07, 6.45) is -5.03. The first-order chi connectivity index (χ1) is 15.6. The Morgan fingerprint density at radius 1 is 0.970 bits per heavy atom. The molecule has 33 heavy (non-hydrogen) atoms. The Morgan fingerprint density at radius 2 is 1.64 bits per heavy atom. The summed E-state index contributed by atoms with van der Waals surface area (Å²) in [5, 5.41) is 2.60. The van der Waals surface area contributed by atoms with Crippen molar-refractivity contribution >= 4 is 34.9 Å². The van der Waals surface area contributed by atoms with Crippen LogP contribution in [0.4, 0.5) is 0 Å². The quantitative estimate of drug-likeness (QED) is 0.459. The highest BCUT2D eigenvalue weighted by molar-refractivity contribution is 5.74. The highest BCUT2D eigenvalue weighted by Gasteiger charge is 2.52. The van der Waals surface area contributed by atoms with E-state index in [-0.39, 0.29) is 12.7 Å². The van der Waals surface area contributed by atoms with Crippen molar-refractivity contribution in [3.63, 3.8) is 0 Å². The number of benzene rings is 1. The van der Waals surface area contributed by atoms with Gasteiger partial charge in [-0.25, -0.2) is 0 Å². The molecule has 12 heteroatoms.